The highest BCUT2D eigenvalue weighted by Gasteiger charge is 2.30. The number of aromatic amines is 1. The van der Waals surface area contributed by atoms with E-state index in [0.29, 0.717) is 11.6 Å². The van der Waals surface area contributed by atoms with Crippen LogP contribution in [0.2, 0.25) is 0 Å². The Morgan fingerprint density at radius 2 is 1.72 bits per heavy atom. The summed E-state index contributed by atoms with van der Waals surface area (Å²) in [4.78, 5) is 16.9. The number of hydrogen-bond donors (Lipinski definition) is 3. The lowest BCUT2D eigenvalue weighted by Crippen LogP contribution is -2.17. The molecule has 0 unspecified atom stereocenters. The number of H-pyrrole nitrogens is 1. The van der Waals surface area contributed by atoms with Crippen LogP contribution in [0.25, 0.3) is 33.7 Å². The molecule has 1 aliphatic carbocycles. The van der Waals surface area contributed by atoms with E-state index < -0.39 is 0 Å². The predicted octanol–water partition coefficient (Wildman–Crippen LogP) is 4.26. The van der Waals surface area contributed by atoms with Crippen LogP contribution in [-0.4, -0.2) is 37.2 Å². The Morgan fingerprint density at radius 3 is 2.48 bits per heavy atom. The Bertz CT molecular complexity index is 1130. The number of aliphatic hydroxyl groups is 1. The highest BCUT2D eigenvalue weighted by Crippen LogP contribution is 2.33. The largest absolute Gasteiger partial charge is 0.393 e. The van der Waals surface area contributed by atoms with Crippen LogP contribution in [0.15, 0.2) is 60.9 Å². The lowest BCUT2D eigenvalue weighted by molar-refractivity contribution is 0.141. The Hall–Kier alpha value is -3.25. The molecule has 3 atom stereocenters. The second-order valence-corrected chi connectivity index (χ2v) is 7.78. The summed E-state index contributed by atoms with van der Waals surface area (Å²) in [5, 5.41) is 13.5. The van der Waals surface area contributed by atoms with Gasteiger partial charge in [0.1, 0.15) is 17.7 Å². The molecule has 6 nitrogen and oxygen atoms in total. The lowest BCUT2D eigenvalue weighted by atomic mass is 9.99. The fourth-order valence-corrected chi connectivity index (χ4v) is 4.16. The van der Waals surface area contributed by atoms with Crippen molar-refractivity contribution in [3.8, 4) is 22.5 Å². The fraction of sp³-hybridized carbons (Fsp3) is 0.261. The molecule has 0 aliphatic heterocycles. The van der Waals surface area contributed by atoms with Crippen molar-refractivity contribution >= 4 is 17.0 Å². The van der Waals surface area contributed by atoms with E-state index in [1.165, 1.54) is 6.33 Å². The Morgan fingerprint density at radius 1 is 0.966 bits per heavy atom. The van der Waals surface area contributed by atoms with E-state index in [0.717, 1.165) is 46.7 Å². The van der Waals surface area contributed by atoms with Crippen LogP contribution in [0.5, 0.6) is 0 Å². The Kier molecular flexibility index (Phi) is 4.48. The third-order valence-electron chi connectivity index (χ3n) is 5.74. The first-order valence-electron chi connectivity index (χ1n) is 9.99. The number of fused-ring (bicyclic) bond motifs is 1. The van der Waals surface area contributed by atoms with Gasteiger partial charge < -0.3 is 15.4 Å². The molecule has 2 aromatic heterocycles. The van der Waals surface area contributed by atoms with Gasteiger partial charge in [0, 0.05) is 11.6 Å². The monoisotopic (exact) mass is 385 g/mol. The van der Waals surface area contributed by atoms with Crippen LogP contribution >= 0.6 is 0 Å². The summed E-state index contributed by atoms with van der Waals surface area (Å²) in [6.45, 7) is 2.08. The summed E-state index contributed by atoms with van der Waals surface area (Å²) in [5.41, 5.74) is 4.70. The zero-order valence-corrected chi connectivity index (χ0v) is 16.2. The van der Waals surface area contributed by atoms with Gasteiger partial charge in [0.2, 0.25) is 0 Å². The minimum atomic E-state index is -0.264. The summed E-state index contributed by atoms with van der Waals surface area (Å²) in [5.74, 6) is 1.79. The molecule has 0 saturated heterocycles. The first-order valence-corrected chi connectivity index (χ1v) is 9.99. The van der Waals surface area contributed by atoms with Crippen LogP contribution < -0.4 is 5.32 Å². The number of nitrogens with zero attached hydrogens (tertiary/aromatic N) is 3. The number of anilines is 1. The molecule has 6 heteroatoms. The SMILES string of the molecule is C[C@H]1C[C@@H](Nc2ncnc3nc(-c4ccccc4-c4ccccc4)[nH]c23)C[C@@H]1O. The fourth-order valence-electron chi connectivity index (χ4n) is 4.16. The number of benzene rings is 2. The van der Waals surface area contributed by atoms with Gasteiger partial charge in [0.05, 0.1) is 6.10 Å². The lowest BCUT2D eigenvalue weighted by Gasteiger charge is -2.12. The average Bonchev–Trinajstić information content (AvgIpc) is 3.32. The van der Waals surface area contributed by atoms with Crippen LogP contribution in [0.4, 0.5) is 5.82 Å². The normalized spacial score (nSPS) is 21.5. The van der Waals surface area contributed by atoms with Crippen LogP contribution in [0, 0.1) is 5.92 Å². The van der Waals surface area contributed by atoms with Gasteiger partial charge in [-0.2, -0.15) is 0 Å². The van der Waals surface area contributed by atoms with Gasteiger partial charge in [-0.15, -0.1) is 0 Å². The second-order valence-electron chi connectivity index (χ2n) is 7.78. The maximum absolute atomic E-state index is 10.1. The molecule has 0 bridgehead atoms. The molecule has 2 aromatic carbocycles. The molecule has 1 aliphatic rings. The molecule has 1 fully saturated rings. The topological polar surface area (TPSA) is 86.7 Å². The van der Waals surface area contributed by atoms with Crippen molar-refractivity contribution in [3.63, 3.8) is 0 Å². The summed E-state index contributed by atoms with van der Waals surface area (Å²) in [7, 11) is 0. The van der Waals surface area contributed by atoms with Crippen molar-refractivity contribution in [3.05, 3.63) is 60.9 Å². The first-order chi connectivity index (χ1) is 14.2. The second kappa shape index (κ2) is 7.29. The van der Waals surface area contributed by atoms with E-state index in [9.17, 15) is 5.11 Å². The summed E-state index contributed by atoms with van der Waals surface area (Å²) < 4.78 is 0. The van der Waals surface area contributed by atoms with Crippen molar-refractivity contribution in [2.24, 2.45) is 5.92 Å². The molecule has 2 heterocycles. The molecule has 0 radical (unpaired) electrons. The number of hydrogen-bond acceptors (Lipinski definition) is 5. The molecular weight excluding hydrogens is 362 g/mol. The van der Waals surface area contributed by atoms with Crippen LogP contribution in [0.3, 0.4) is 0 Å². The van der Waals surface area contributed by atoms with Gasteiger partial charge >= 0.3 is 0 Å². The number of nitrogens with one attached hydrogen (secondary N) is 2. The molecular formula is C23H23N5O. The van der Waals surface area contributed by atoms with Crippen molar-refractivity contribution in [1.82, 2.24) is 19.9 Å². The zero-order valence-electron chi connectivity index (χ0n) is 16.2. The maximum Gasteiger partial charge on any atom is 0.183 e. The number of aromatic nitrogens is 4. The predicted molar refractivity (Wildman–Crippen MR) is 114 cm³/mol. The minimum Gasteiger partial charge on any atom is -0.393 e. The van der Waals surface area contributed by atoms with E-state index >= 15 is 0 Å². The molecule has 146 valence electrons. The minimum absolute atomic E-state index is 0.196. The summed E-state index contributed by atoms with van der Waals surface area (Å²) in [6.07, 6.45) is 2.92. The number of rotatable bonds is 4. The Balaban J connectivity index is 1.54. The number of aliphatic hydroxyl groups excluding tert-OH is 1. The van der Waals surface area contributed by atoms with Crippen molar-refractivity contribution < 1.29 is 5.11 Å². The molecule has 29 heavy (non-hydrogen) atoms. The van der Waals surface area contributed by atoms with Gasteiger partial charge in [-0.3, -0.25) is 0 Å². The highest BCUT2D eigenvalue weighted by atomic mass is 16.3. The first kappa shape index (κ1) is 17.8. The van der Waals surface area contributed by atoms with E-state index in [-0.39, 0.29) is 12.1 Å². The Labute approximate surface area is 169 Å². The van der Waals surface area contributed by atoms with Gasteiger partial charge in [0.25, 0.3) is 0 Å². The average molecular weight is 385 g/mol. The molecule has 4 aromatic rings. The summed E-state index contributed by atoms with van der Waals surface area (Å²) in [6, 6.07) is 18.7. The van der Waals surface area contributed by atoms with E-state index in [4.69, 9.17) is 4.98 Å². The van der Waals surface area contributed by atoms with Crippen molar-refractivity contribution in [1.29, 1.82) is 0 Å². The molecule has 5 rings (SSSR count). The number of imidazole rings is 1. The van der Waals surface area contributed by atoms with E-state index in [1.807, 2.05) is 30.3 Å². The molecule has 0 spiro atoms. The van der Waals surface area contributed by atoms with Gasteiger partial charge in [-0.1, -0.05) is 61.5 Å². The third-order valence-corrected chi connectivity index (χ3v) is 5.74. The van der Waals surface area contributed by atoms with Crippen molar-refractivity contribution in [2.45, 2.75) is 31.9 Å². The molecule has 0 amide bonds. The van der Waals surface area contributed by atoms with Gasteiger partial charge in [-0.05, 0) is 29.9 Å². The van der Waals surface area contributed by atoms with Gasteiger partial charge in [0.15, 0.2) is 11.5 Å². The molecule has 3 N–H and O–H groups in total. The maximum atomic E-state index is 10.1. The van der Waals surface area contributed by atoms with Gasteiger partial charge in [-0.25, -0.2) is 15.0 Å². The van der Waals surface area contributed by atoms with E-state index in [1.54, 1.807) is 0 Å². The smallest absolute Gasteiger partial charge is 0.183 e. The van der Waals surface area contributed by atoms with E-state index in [2.05, 4.69) is 51.5 Å². The van der Waals surface area contributed by atoms with Crippen LogP contribution in [-0.2, 0) is 0 Å². The third kappa shape index (κ3) is 3.36. The van der Waals surface area contributed by atoms with Crippen molar-refractivity contribution in [2.75, 3.05) is 5.32 Å². The van der Waals surface area contributed by atoms with Crippen LogP contribution in [0.1, 0.15) is 19.8 Å². The standard InChI is InChI=1S/C23H23N5O/c1-14-11-16(12-19(14)29)26-22-20-23(25-13-24-22)28-21(27-20)18-10-6-5-9-17(18)15-7-3-2-4-8-15/h2-10,13-14,16,19,29H,11-12H2,1H3,(H2,24,25,26,27,28)/t14-,16+,19-/m0/s1. The highest BCUT2D eigenvalue weighted by molar-refractivity contribution is 5.88. The zero-order chi connectivity index (χ0) is 19.8. The molecule has 1 saturated carbocycles. The summed E-state index contributed by atoms with van der Waals surface area (Å²) >= 11 is 0. The quantitative estimate of drug-likeness (QED) is 0.489.